The maximum atomic E-state index is 13.1. The maximum Gasteiger partial charge on any atom is 0.270 e. The van der Waals surface area contributed by atoms with Crippen LogP contribution in [0.4, 0.5) is 5.13 Å². The molecule has 0 fully saturated rings. The third kappa shape index (κ3) is 3.85. The first-order valence-electron chi connectivity index (χ1n) is 8.27. The summed E-state index contributed by atoms with van der Waals surface area (Å²) in [6.45, 7) is 2.83. The van der Waals surface area contributed by atoms with Gasteiger partial charge >= 0.3 is 0 Å². The van der Waals surface area contributed by atoms with Crippen molar-refractivity contribution in [3.05, 3.63) is 63.7 Å². The largest absolute Gasteiger partial charge is 0.494 e. The van der Waals surface area contributed by atoms with Gasteiger partial charge in [-0.15, -0.1) is 11.3 Å². The molecule has 138 valence electrons. The zero-order chi connectivity index (χ0) is 18.8. The van der Waals surface area contributed by atoms with Crippen molar-refractivity contribution < 1.29 is 13.9 Å². The van der Waals surface area contributed by atoms with Gasteiger partial charge in [0.25, 0.3) is 5.91 Å². The van der Waals surface area contributed by atoms with Crippen molar-refractivity contribution in [1.29, 1.82) is 0 Å². The summed E-state index contributed by atoms with van der Waals surface area (Å²) in [5, 5.41) is 0.601. The van der Waals surface area contributed by atoms with Gasteiger partial charge < -0.3 is 9.15 Å². The molecule has 4 rings (SSSR count). The zero-order valence-electron chi connectivity index (χ0n) is 14.3. The highest BCUT2D eigenvalue weighted by atomic mass is 35.5. The Bertz CT molecular complexity index is 1070. The second-order valence-electron chi connectivity index (χ2n) is 5.63. The first-order chi connectivity index (χ1) is 13.1. The lowest BCUT2D eigenvalue weighted by atomic mass is 10.3. The summed E-state index contributed by atoms with van der Waals surface area (Å²) in [4.78, 5) is 19.9. The lowest BCUT2D eigenvalue weighted by Crippen LogP contribution is -2.29. The predicted molar refractivity (Wildman–Crippen MR) is 109 cm³/mol. The van der Waals surface area contributed by atoms with E-state index in [0.717, 1.165) is 16.0 Å². The second kappa shape index (κ2) is 7.72. The second-order valence-corrected chi connectivity index (χ2v) is 8.36. The van der Waals surface area contributed by atoms with E-state index in [1.807, 2.05) is 31.2 Å². The van der Waals surface area contributed by atoms with Gasteiger partial charge in [-0.2, -0.15) is 0 Å². The van der Waals surface area contributed by atoms with Crippen LogP contribution in [0.15, 0.2) is 53.1 Å². The Labute approximate surface area is 168 Å². The fraction of sp³-hybridized carbons (Fsp3) is 0.158. The molecule has 0 unspecified atom stereocenters. The summed E-state index contributed by atoms with van der Waals surface area (Å²) >= 11 is 8.70. The Morgan fingerprint density at radius 1 is 1.26 bits per heavy atom. The standard InChI is InChI=1S/C19H15ClN2O3S2/c1-2-24-12-5-6-14-16(10-12)27-19(21-14)22(11-13-4-3-9-25-13)18(23)15-7-8-17(20)26-15/h3-10H,2,11H2,1H3. The smallest absolute Gasteiger partial charge is 0.270 e. The molecule has 0 aliphatic rings. The number of hydrogen-bond donors (Lipinski definition) is 0. The van der Waals surface area contributed by atoms with E-state index in [2.05, 4.69) is 4.98 Å². The van der Waals surface area contributed by atoms with Gasteiger partial charge in [0.05, 0.1) is 38.8 Å². The van der Waals surface area contributed by atoms with Gasteiger partial charge in [0.2, 0.25) is 0 Å². The Hall–Kier alpha value is -2.35. The third-order valence-corrected chi connectivity index (χ3v) is 6.07. The molecular formula is C19H15ClN2O3S2. The molecule has 0 bridgehead atoms. The summed E-state index contributed by atoms with van der Waals surface area (Å²) < 4.78 is 12.5. The minimum Gasteiger partial charge on any atom is -0.494 e. The molecule has 0 aliphatic heterocycles. The van der Waals surface area contributed by atoms with Crippen molar-refractivity contribution in [2.45, 2.75) is 13.5 Å². The van der Waals surface area contributed by atoms with Crippen LogP contribution in [-0.2, 0) is 6.54 Å². The number of fused-ring (bicyclic) bond motifs is 1. The molecule has 0 saturated carbocycles. The monoisotopic (exact) mass is 418 g/mol. The molecule has 0 N–H and O–H groups in total. The number of anilines is 1. The highest BCUT2D eigenvalue weighted by Gasteiger charge is 2.24. The van der Waals surface area contributed by atoms with E-state index in [1.54, 1.807) is 29.4 Å². The molecule has 0 aliphatic carbocycles. The maximum absolute atomic E-state index is 13.1. The molecule has 8 heteroatoms. The first-order valence-corrected chi connectivity index (χ1v) is 10.3. The van der Waals surface area contributed by atoms with Gasteiger partial charge in [-0.25, -0.2) is 4.98 Å². The van der Waals surface area contributed by atoms with Gasteiger partial charge in [-0.3, -0.25) is 9.69 Å². The van der Waals surface area contributed by atoms with E-state index in [0.29, 0.717) is 33.3 Å². The van der Waals surface area contributed by atoms with Gasteiger partial charge in [0.1, 0.15) is 11.5 Å². The van der Waals surface area contributed by atoms with E-state index in [4.69, 9.17) is 20.8 Å². The Morgan fingerprint density at radius 2 is 2.15 bits per heavy atom. The molecule has 0 radical (unpaired) electrons. The van der Waals surface area contributed by atoms with Crippen molar-refractivity contribution >= 4 is 55.5 Å². The number of carbonyl (C=O) groups is 1. The molecule has 1 aromatic carbocycles. The molecule has 3 aromatic heterocycles. The normalized spacial score (nSPS) is 11.0. The third-order valence-electron chi connectivity index (χ3n) is 3.81. The van der Waals surface area contributed by atoms with Crippen molar-refractivity contribution in [3.63, 3.8) is 0 Å². The summed E-state index contributed by atoms with van der Waals surface area (Å²) in [6, 6.07) is 12.8. The van der Waals surface area contributed by atoms with Crippen LogP contribution in [0.1, 0.15) is 22.4 Å². The van der Waals surface area contributed by atoms with Crippen LogP contribution in [-0.4, -0.2) is 17.5 Å². The van der Waals surface area contributed by atoms with E-state index in [9.17, 15) is 4.79 Å². The van der Waals surface area contributed by atoms with Crippen LogP contribution in [0.25, 0.3) is 10.2 Å². The van der Waals surface area contributed by atoms with Crippen LogP contribution in [0, 0.1) is 0 Å². The van der Waals surface area contributed by atoms with E-state index in [-0.39, 0.29) is 5.91 Å². The lowest BCUT2D eigenvalue weighted by Gasteiger charge is -2.17. The summed E-state index contributed by atoms with van der Waals surface area (Å²) in [5.41, 5.74) is 0.819. The summed E-state index contributed by atoms with van der Waals surface area (Å²) in [6.07, 6.45) is 1.59. The number of aromatic nitrogens is 1. The quantitative estimate of drug-likeness (QED) is 0.394. The molecule has 0 atom stereocenters. The highest BCUT2D eigenvalue weighted by molar-refractivity contribution is 7.22. The van der Waals surface area contributed by atoms with Gasteiger partial charge in [-0.05, 0) is 49.4 Å². The topological polar surface area (TPSA) is 55.6 Å². The van der Waals surface area contributed by atoms with Crippen molar-refractivity contribution in [1.82, 2.24) is 4.98 Å². The molecule has 27 heavy (non-hydrogen) atoms. The fourth-order valence-electron chi connectivity index (χ4n) is 2.61. The number of amides is 1. The van der Waals surface area contributed by atoms with E-state index < -0.39 is 0 Å². The number of carbonyl (C=O) groups excluding carboxylic acids is 1. The van der Waals surface area contributed by atoms with Crippen LogP contribution in [0.5, 0.6) is 5.75 Å². The molecule has 5 nitrogen and oxygen atoms in total. The average Bonchev–Trinajstić information content (AvgIpc) is 3.39. The molecule has 4 aromatic rings. The SMILES string of the molecule is CCOc1ccc2nc(N(Cc3ccco3)C(=O)c3ccc(Cl)s3)sc2c1. The Morgan fingerprint density at radius 3 is 2.85 bits per heavy atom. The van der Waals surface area contributed by atoms with Crippen LogP contribution in [0.3, 0.4) is 0 Å². The molecule has 0 saturated heterocycles. The lowest BCUT2D eigenvalue weighted by molar-refractivity contribution is 0.0987. The number of halogens is 1. The summed E-state index contributed by atoms with van der Waals surface area (Å²) in [7, 11) is 0. The molecular weight excluding hydrogens is 404 g/mol. The van der Waals surface area contributed by atoms with Crippen molar-refractivity contribution in [3.8, 4) is 5.75 Å². The van der Waals surface area contributed by atoms with E-state index in [1.165, 1.54) is 22.7 Å². The van der Waals surface area contributed by atoms with Gasteiger partial charge in [0, 0.05) is 0 Å². The predicted octanol–water partition coefficient (Wildman–Crippen LogP) is 5.85. The number of ether oxygens (including phenoxy) is 1. The molecule has 1 amide bonds. The van der Waals surface area contributed by atoms with Crippen LogP contribution < -0.4 is 9.64 Å². The average molecular weight is 419 g/mol. The molecule has 0 spiro atoms. The van der Waals surface area contributed by atoms with Crippen LogP contribution >= 0.6 is 34.3 Å². The minimum atomic E-state index is -0.160. The number of thiophene rings is 1. The van der Waals surface area contributed by atoms with Crippen molar-refractivity contribution in [2.75, 3.05) is 11.5 Å². The number of nitrogens with zero attached hydrogens (tertiary/aromatic N) is 2. The Balaban J connectivity index is 1.73. The number of thiazole rings is 1. The van der Waals surface area contributed by atoms with E-state index >= 15 is 0 Å². The number of furan rings is 1. The van der Waals surface area contributed by atoms with Crippen molar-refractivity contribution in [2.24, 2.45) is 0 Å². The fourth-order valence-corrected chi connectivity index (χ4v) is 4.60. The number of hydrogen-bond acceptors (Lipinski definition) is 6. The summed E-state index contributed by atoms with van der Waals surface area (Å²) in [5.74, 6) is 1.31. The van der Waals surface area contributed by atoms with Gasteiger partial charge in [0.15, 0.2) is 5.13 Å². The van der Waals surface area contributed by atoms with Gasteiger partial charge in [-0.1, -0.05) is 22.9 Å². The minimum absolute atomic E-state index is 0.160. The Kier molecular flexibility index (Phi) is 5.15. The number of benzene rings is 1. The molecule has 3 heterocycles. The first kappa shape index (κ1) is 18.0. The highest BCUT2D eigenvalue weighted by Crippen LogP contribution is 2.34. The zero-order valence-corrected chi connectivity index (χ0v) is 16.7. The number of rotatable bonds is 6. The van der Waals surface area contributed by atoms with Crippen LogP contribution in [0.2, 0.25) is 4.34 Å².